The number of nitrogens with zero attached hydrogens (tertiary/aromatic N) is 1. The summed E-state index contributed by atoms with van der Waals surface area (Å²) in [6.07, 6.45) is 1.73. The van der Waals surface area contributed by atoms with Crippen LogP contribution in [-0.4, -0.2) is 50.9 Å². The Kier molecular flexibility index (Phi) is 7.87. The van der Waals surface area contributed by atoms with Gasteiger partial charge in [0.2, 0.25) is 10.0 Å². The number of hydrogen-bond acceptors (Lipinski definition) is 6. The second kappa shape index (κ2) is 10.6. The molecule has 0 bridgehead atoms. The molecule has 0 aromatic heterocycles. The smallest absolute Gasteiger partial charge is 0.338 e. The Bertz CT molecular complexity index is 1030. The highest BCUT2D eigenvalue weighted by molar-refractivity contribution is 7.89. The SMILES string of the molecule is CC(C)COc1ccc(C(=O)OCC(=O)Nc2ccc(S(=O)(=O)N3CCCC3)cc2)cc1. The summed E-state index contributed by atoms with van der Waals surface area (Å²) >= 11 is 0. The molecule has 1 fully saturated rings. The second-order valence-electron chi connectivity index (χ2n) is 7.99. The number of rotatable bonds is 9. The molecule has 1 N–H and O–H groups in total. The first-order valence-electron chi connectivity index (χ1n) is 10.6. The third kappa shape index (κ3) is 6.30. The minimum absolute atomic E-state index is 0.185. The van der Waals surface area contributed by atoms with E-state index >= 15 is 0 Å². The molecule has 0 radical (unpaired) electrons. The maximum Gasteiger partial charge on any atom is 0.338 e. The Hall–Kier alpha value is -2.91. The van der Waals surface area contributed by atoms with Gasteiger partial charge in [0.1, 0.15) is 5.75 Å². The normalized spacial score (nSPS) is 14.3. The summed E-state index contributed by atoms with van der Waals surface area (Å²) in [4.78, 5) is 24.4. The first-order chi connectivity index (χ1) is 15.3. The first-order valence-corrected chi connectivity index (χ1v) is 12.0. The van der Waals surface area contributed by atoms with E-state index in [9.17, 15) is 18.0 Å². The minimum Gasteiger partial charge on any atom is -0.493 e. The van der Waals surface area contributed by atoms with Crippen molar-refractivity contribution < 1.29 is 27.5 Å². The number of esters is 1. The maximum atomic E-state index is 12.5. The number of hydrogen-bond donors (Lipinski definition) is 1. The first kappa shape index (κ1) is 23.7. The molecule has 1 aliphatic heterocycles. The lowest BCUT2D eigenvalue weighted by atomic mass is 10.2. The topological polar surface area (TPSA) is 102 Å². The number of ether oxygens (including phenoxy) is 2. The van der Waals surface area contributed by atoms with Crippen molar-refractivity contribution in [3.63, 3.8) is 0 Å². The average molecular weight is 461 g/mol. The Morgan fingerprint density at radius 1 is 1.00 bits per heavy atom. The van der Waals surface area contributed by atoms with E-state index in [2.05, 4.69) is 5.32 Å². The Labute approximate surface area is 188 Å². The van der Waals surface area contributed by atoms with E-state index in [1.165, 1.54) is 28.6 Å². The third-order valence-electron chi connectivity index (χ3n) is 4.85. The van der Waals surface area contributed by atoms with Crippen LogP contribution in [0.2, 0.25) is 0 Å². The molecule has 172 valence electrons. The summed E-state index contributed by atoms with van der Waals surface area (Å²) < 4.78 is 37.2. The van der Waals surface area contributed by atoms with Crippen LogP contribution < -0.4 is 10.1 Å². The molecule has 0 aliphatic carbocycles. The summed E-state index contributed by atoms with van der Waals surface area (Å²) in [7, 11) is -3.50. The van der Waals surface area contributed by atoms with Crippen LogP contribution in [0.4, 0.5) is 5.69 Å². The molecule has 2 aromatic carbocycles. The van der Waals surface area contributed by atoms with Crippen molar-refractivity contribution in [1.29, 1.82) is 0 Å². The van der Waals surface area contributed by atoms with Gasteiger partial charge in [-0.15, -0.1) is 0 Å². The van der Waals surface area contributed by atoms with Gasteiger partial charge in [0.15, 0.2) is 6.61 Å². The van der Waals surface area contributed by atoms with Gasteiger partial charge >= 0.3 is 5.97 Å². The molecule has 1 aliphatic rings. The van der Waals surface area contributed by atoms with Crippen molar-refractivity contribution in [2.24, 2.45) is 5.92 Å². The summed E-state index contributed by atoms with van der Waals surface area (Å²) in [5.41, 5.74) is 0.726. The molecule has 3 rings (SSSR count). The van der Waals surface area contributed by atoms with E-state index < -0.39 is 28.5 Å². The number of amides is 1. The van der Waals surface area contributed by atoms with E-state index in [0.717, 1.165) is 12.8 Å². The number of benzene rings is 2. The van der Waals surface area contributed by atoms with Crippen molar-refractivity contribution in [1.82, 2.24) is 4.31 Å². The van der Waals surface area contributed by atoms with Crippen molar-refractivity contribution >= 4 is 27.6 Å². The highest BCUT2D eigenvalue weighted by Gasteiger charge is 2.26. The number of sulfonamides is 1. The summed E-state index contributed by atoms with van der Waals surface area (Å²) in [5, 5.41) is 2.59. The van der Waals surface area contributed by atoms with Gasteiger partial charge in [-0.1, -0.05) is 13.8 Å². The van der Waals surface area contributed by atoms with Gasteiger partial charge in [0.05, 0.1) is 17.1 Å². The molecule has 2 aromatic rings. The van der Waals surface area contributed by atoms with Crippen LogP contribution in [0.5, 0.6) is 5.75 Å². The summed E-state index contributed by atoms with van der Waals surface area (Å²) in [6.45, 7) is 5.26. The molecule has 8 nitrogen and oxygen atoms in total. The molecule has 9 heteroatoms. The lowest BCUT2D eigenvalue weighted by Crippen LogP contribution is -2.27. The quantitative estimate of drug-likeness (QED) is 0.576. The molecule has 1 heterocycles. The van der Waals surface area contributed by atoms with Crippen LogP contribution >= 0.6 is 0 Å². The monoisotopic (exact) mass is 460 g/mol. The van der Waals surface area contributed by atoms with Gasteiger partial charge < -0.3 is 14.8 Å². The maximum absolute atomic E-state index is 12.5. The summed E-state index contributed by atoms with van der Waals surface area (Å²) in [6, 6.07) is 12.5. The Balaban J connectivity index is 1.48. The molecular formula is C23H28N2O6S. The third-order valence-corrected chi connectivity index (χ3v) is 6.76. The average Bonchev–Trinajstić information content (AvgIpc) is 3.33. The van der Waals surface area contributed by atoms with Crippen LogP contribution in [0.3, 0.4) is 0 Å². The zero-order valence-electron chi connectivity index (χ0n) is 18.2. The van der Waals surface area contributed by atoms with Gasteiger partial charge in [-0.25, -0.2) is 13.2 Å². The van der Waals surface area contributed by atoms with Crippen molar-refractivity contribution in [3.8, 4) is 5.75 Å². The zero-order chi connectivity index (χ0) is 23.1. The molecular weight excluding hydrogens is 432 g/mol. The molecule has 1 amide bonds. The van der Waals surface area contributed by atoms with E-state index in [1.54, 1.807) is 24.3 Å². The molecule has 0 atom stereocenters. The number of carbonyl (C=O) groups excluding carboxylic acids is 2. The van der Waals surface area contributed by atoms with Crippen LogP contribution in [0.1, 0.15) is 37.0 Å². The predicted molar refractivity (Wildman–Crippen MR) is 120 cm³/mol. The Morgan fingerprint density at radius 3 is 2.22 bits per heavy atom. The molecule has 1 saturated heterocycles. The van der Waals surface area contributed by atoms with Crippen LogP contribution in [0, 0.1) is 5.92 Å². The molecule has 0 saturated carbocycles. The van der Waals surface area contributed by atoms with E-state index in [-0.39, 0.29) is 4.90 Å². The number of carbonyl (C=O) groups is 2. The Morgan fingerprint density at radius 2 is 1.62 bits per heavy atom. The van der Waals surface area contributed by atoms with Crippen LogP contribution in [0.15, 0.2) is 53.4 Å². The fraction of sp³-hybridized carbons (Fsp3) is 0.391. The molecule has 0 spiro atoms. The predicted octanol–water partition coefficient (Wildman–Crippen LogP) is 3.30. The lowest BCUT2D eigenvalue weighted by molar-refractivity contribution is -0.119. The van der Waals surface area contributed by atoms with E-state index in [1.807, 2.05) is 13.8 Å². The van der Waals surface area contributed by atoms with Crippen LogP contribution in [-0.2, 0) is 19.6 Å². The van der Waals surface area contributed by atoms with Gasteiger partial charge in [0.25, 0.3) is 5.91 Å². The number of nitrogens with one attached hydrogen (secondary N) is 1. The molecule has 0 unspecified atom stereocenters. The standard InChI is InChI=1S/C23H28N2O6S/c1-17(2)15-30-20-9-5-18(6-10-20)23(27)31-16-22(26)24-19-7-11-21(12-8-19)32(28,29)25-13-3-4-14-25/h5-12,17H,3-4,13-16H2,1-2H3,(H,24,26). The highest BCUT2D eigenvalue weighted by atomic mass is 32.2. The number of anilines is 1. The largest absolute Gasteiger partial charge is 0.493 e. The summed E-state index contributed by atoms with van der Waals surface area (Å²) in [5.74, 6) is -0.0972. The van der Waals surface area contributed by atoms with Crippen molar-refractivity contribution in [2.45, 2.75) is 31.6 Å². The van der Waals surface area contributed by atoms with E-state index in [4.69, 9.17) is 9.47 Å². The molecule has 32 heavy (non-hydrogen) atoms. The van der Waals surface area contributed by atoms with Gasteiger partial charge in [-0.2, -0.15) is 4.31 Å². The fourth-order valence-corrected chi connectivity index (χ4v) is 4.67. The van der Waals surface area contributed by atoms with Gasteiger partial charge in [0, 0.05) is 18.8 Å². The van der Waals surface area contributed by atoms with Gasteiger partial charge in [-0.05, 0) is 67.3 Å². The van der Waals surface area contributed by atoms with Crippen molar-refractivity contribution in [3.05, 3.63) is 54.1 Å². The lowest BCUT2D eigenvalue weighted by Gasteiger charge is -2.15. The highest BCUT2D eigenvalue weighted by Crippen LogP contribution is 2.22. The minimum atomic E-state index is -3.50. The van der Waals surface area contributed by atoms with Crippen molar-refractivity contribution in [2.75, 3.05) is 31.6 Å². The van der Waals surface area contributed by atoms with Crippen LogP contribution in [0.25, 0.3) is 0 Å². The second-order valence-corrected chi connectivity index (χ2v) is 9.93. The van der Waals surface area contributed by atoms with Gasteiger partial charge in [-0.3, -0.25) is 4.79 Å². The zero-order valence-corrected chi connectivity index (χ0v) is 19.1. The fourth-order valence-electron chi connectivity index (χ4n) is 3.15. The van der Waals surface area contributed by atoms with E-state index in [0.29, 0.717) is 42.6 Å².